The predicted octanol–water partition coefficient (Wildman–Crippen LogP) is 6.36. The molecule has 192 valence electrons. The molecule has 1 atom stereocenters. The fourth-order valence-electron chi connectivity index (χ4n) is 3.87. The number of sulfonamides is 1. The van der Waals surface area contributed by atoms with Crippen LogP contribution in [0.25, 0.3) is 0 Å². The molecule has 0 saturated carbocycles. The second-order valence-corrected chi connectivity index (χ2v) is 10.8. The van der Waals surface area contributed by atoms with E-state index < -0.39 is 45.3 Å². The van der Waals surface area contributed by atoms with E-state index in [9.17, 15) is 26.4 Å². The lowest BCUT2D eigenvalue weighted by atomic mass is 9.96. The van der Waals surface area contributed by atoms with Gasteiger partial charge in [-0.3, -0.25) is 9.10 Å². The summed E-state index contributed by atoms with van der Waals surface area (Å²) in [6.45, 7) is 6.85. The molecule has 5 nitrogen and oxygen atoms in total. The lowest BCUT2D eigenvalue weighted by molar-refractivity contribution is -0.137. The molecular formula is C26H26ClF3N2O3S. The number of rotatable bonds is 7. The number of carbonyl (C=O) groups is 1. The highest BCUT2D eigenvalue weighted by Crippen LogP contribution is 2.38. The SMILES string of the molecule is Cc1cc(C)c([C@@H](C)NC(=O)CN(c2ccc(Cl)c(C(F)(F)F)c2)S(=O)(=O)c2ccccc2)cc1C. The number of anilines is 1. The van der Waals surface area contributed by atoms with Crippen molar-refractivity contribution in [2.45, 2.75) is 44.8 Å². The molecule has 1 N–H and O–H groups in total. The van der Waals surface area contributed by atoms with Crippen LogP contribution >= 0.6 is 11.6 Å². The number of nitrogens with one attached hydrogen (secondary N) is 1. The summed E-state index contributed by atoms with van der Waals surface area (Å²) in [6, 6.07) is 13.4. The molecule has 0 fully saturated rings. The summed E-state index contributed by atoms with van der Waals surface area (Å²) >= 11 is 5.73. The van der Waals surface area contributed by atoms with Crippen LogP contribution in [0.2, 0.25) is 5.02 Å². The Balaban J connectivity index is 1.99. The minimum absolute atomic E-state index is 0.167. The average molecular weight is 539 g/mol. The number of amides is 1. The second-order valence-electron chi connectivity index (χ2n) is 8.57. The zero-order chi connectivity index (χ0) is 26.8. The van der Waals surface area contributed by atoms with Crippen LogP contribution in [-0.4, -0.2) is 20.9 Å². The molecule has 0 unspecified atom stereocenters. The molecular weight excluding hydrogens is 513 g/mol. The van der Waals surface area contributed by atoms with Crippen molar-refractivity contribution in [2.75, 3.05) is 10.8 Å². The molecule has 3 aromatic carbocycles. The first-order chi connectivity index (χ1) is 16.7. The molecule has 0 aliphatic carbocycles. The van der Waals surface area contributed by atoms with Gasteiger partial charge in [-0.05, 0) is 80.3 Å². The first-order valence-electron chi connectivity index (χ1n) is 11.0. The summed E-state index contributed by atoms with van der Waals surface area (Å²) in [5.74, 6) is -0.678. The minimum atomic E-state index is -4.81. The number of aryl methyl sites for hydroxylation is 3. The van der Waals surface area contributed by atoms with Crippen molar-refractivity contribution in [3.8, 4) is 0 Å². The van der Waals surface area contributed by atoms with Crippen molar-refractivity contribution < 1.29 is 26.4 Å². The summed E-state index contributed by atoms with van der Waals surface area (Å²) < 4.78 is 68.0. The molecule has 0 aliphatic rings. The van der Waals surface area contributed by atoms with Gasteiger partial charge in [-0.2, -0.15) is 13.2 Å². The third-order valence-corrected chi connectivity index (χ3v) is 8.01. The Kier molecular flexibility index (Phi) is 8.05. The number of hydrogen-bond acceptors (Lipinski definition) is 3. The predicted molar refractivity (Wildman–Crippen MR) is 135 cm³/mol. The van der Waals surface area contributed by atoms with Crippen molar-refractivity contribution in [2.24, 2.45) is 0 Å². The van der Waals surface area contributed by atoms with Crippen molar-refractivity contribution in [1.82, 2.24) is 5.32 Å². The van der Waals surface area contributed by atoms with Gasteiger partial charge in [0.25, 0.3) is 10.0 Å². The number of alkyl halides is 3. The summed E-state index contributed by atoms with van der Waals surface area (Å²) in [5, 5.41) is 2.19. The maximum atomic E-state index is 13.5. The van der Waals surface area contributed by atoms with E-state index in [2.05, 4.69) is 5.32 Å². The molecule has 1 amide bonds. The molecule has 0 aliphatic heterocycles. The minimum Gasteiger partial charge on any atom is -0.348 e. The molecule has 0 bridgehead atoms. The highest BCUT2D eigenvalue weighted by Gasteiger charge is 2.35. The molecule has 0 aromatic heterocycles. The van der Waals surface area contributed by atoms with Crippen molar-refractivity contribution in [3.63, 3.8) is 0 Å². The number of carbonyl (C=O) groups excluding carboxylic acids is 1. The standard InChI is InChI=1S/C26H26ClF3N2O3S/c1-16-12-18(3)22(13-17(16)2)19(4)31-25(33)15-32(36(34,35)21-8-6-5-7-9-21)20-10-11-24(27)23(14-20)26(28,29)30/h5-14,19H,15H2,1-4H3,(H,31,33)/t19-/m1/s1. The lowest BCUT2D eigenvalue weighted by Crippen LogP contribution is -2.41. The fraction of sp³-hybridized carbons (Fsp3) is 0.269. The Morgan fingerprint density at radius 1 is 0.972 bits per heavy atom. The van der Waals surface area contributed by atoms with Crippen LogP contribution < -0.4 is 9.62 Å². The Bertz CT molecular complexity index is 1380. The van der Waals surface area contributed by atoms with Gasteiger partial charge in [0.15, 0.2) is 0 Å². The van der Waals surface area contributed by atoms with E-state index in [0.717, 1.165) is 34.4 Å². The monoisotopic (exact) mass is 538 g/mol. The molecule has 0 spiro atoms. The Hall–Kier alpha value is -3.04. The third kappa shape index (κ3) is 6.02. The van der Waals surface area contributed by atoms with Crippen LogP contribution in [0.4, 0.5) is 18.9 Å². The van der Waals surface area contributed by atoms with Crippen LogP contribution in [0.15, 0.2) is 65.6 Å². The maximum Gasteiger partial charge on any atom is 0.417 e. The molecule has 0 heterocycles. The topological polar surface area (TPSA) is 66.5 Å². The van der Waals surface area contributed by atoms with E-state index in [4.69, 9.17) is 11.6 Å². The first kappa shape index (κ1) is 27.5. The van der Waals surface area contributed by atoms with Gasteiger partial charge in [-0.1, -0.05) is 41.9 Å². The highest BCUT2D eigenvalue weighted by molar-refractivity contribution is 7.92. The molecule has 0 radical (unpaired) electrons. The molecule has 36 heavy (non-hydrogen) atoms. The number of benzene rings is 3. The van der Waals surface area contributed by atoms with E-state index in [1.54, 1.807) is 13.0 Å². The summed E-state index contributed by atoms with van der Waals surface area (Å²) in [7, 11) is -4.38. The van der Waals surface area contributed by atoms with Gasteiger partial charge in [-0.15, -0.1) is 0 Å². The van der Waals surface area contributed by atoms with Crippen LogP contribution in [0.5, 0.6) is 0 Å². The van der Waals surface area contributed by atoms with E-state index in [1.807, 2.05) is 32.9 Å². The zero-order valence-electron chi connectivity index (χ0n) is 20.2. The van der Waals surface area contributed by atoms with Gasteiger partial charge >= 0.3 is 6.18 Å². The van der Waals surface area contributed by atoms with E-state index in [1.165, 1.54) is 24.3 Å². The van der Waals surface area contributed by atoms with E-state index >= 15 is 0 Å². The van der Waals surface area contributed by atoms with Gasteiger partial charge in [0.05, 0.1) is 27.2 Å². The first-order valence-corrected chi connectivity index (χ1v) is 12.8. The number of hydrogen-bond donors (Lipinski definition) is 1. The van der Waals surface area contributed by atoms with Gasteiger partial charge in [0.2, 0.25) is 5.91 Å². The van der Waals surface area contributed by atoms with Crippen LogP contribution in [0.1, 0.15) is 40.8 Å². The van der Waals surface area contributed by atoms with Crippen LogP contribution in [0, 0.1) is 20.8 Å². The highest BCUT2D eigenvalue weighted by atomic mass is 35.5. The van der Waals surface area contributed by atoms with Crippen molar-refractivity contribution in [3.05, 3.63) is 93.5 Å². The Morgan fingerprint density at radius 3 is 2.19 bits per heavy atom. The largest absolute Gasteiger partial charge is 0.417 e. The Morgan fingerprint density at radius 2 is 1.58 bits per heavy atom. The zero-order valence-corrected chi connectivity index (χ0v) is 21.7. The molecule has 3 rings (SSSR count). The lowest BCUT2D eigenvalue weighted by Gasteiger charge is -2.26. The normalized spacial score (nSPS) is 12.8. The second kappa shape index (κ2) is 10.5. The third-order valence-electron chi connectivity index (χ3n) is 5.89. The maximum absolute atomic E-state index is 13.5. The fourth-order valence-corrected chi connectivity index (χ4v) is 5.52. The molecule has 3 aromatic rings. The average Bonchev–Trinajstić information content (AvgIpc) is 2.80. The quantitative estimate of drug-likeness (QED) is 0.381. The number of halogens is 4. The van der Waals surface area contributed by atoms with Crippen molar-refractivity contribution in [1.29, 1.82) is 0 Å². The summed E-state index contributed by atoms with van der Waals surface area (Å²) in [5.41, 5.74) is 2.40. The summed E-state index contributed by atoms with van der Waals surface area (Å²) in [4.78, 5) is 12.9. The smallest absolute Gasteiger partial charge is 0.348 e. The van der Waals surface area contributed by atoms with Gasteiger partial charge in [0.1, 0.15) is 6.54 Å². The van der Waals surface area contributed by atoms with Crippen LogP contribution in [-0.2, 0) is 21.0 Å². The number of nitrogens with zero attached hydrogens (tertiary/aromatic N) is 1. The molecule has 0 saturated heterocycles. The van der Waals surface area contributed by atoms with E-state index in [-0.39, 0.29) is 10.6 Å². The van der Waals surface area contributed by atoms with Crippen molar-refractivity contribution >= 4 is 33.2 Å². The van der Waals surface area contributed by atoms with Gasteiger partial charge in [0, 0.05) is 0 Å². The van der Waals surface area contributed by atoms with Crippen LogP contribution in [0.3, 0.4) is 0 Å². The van der Waals surface area contributed by atoms with Gasteiger partial charge < -0.3 is 5.32 Å². The van der Waals surface area contributed by atoms with Gasteiger partial charge in [-0.25, -0.2) is 8.42 Å². The molecule has 10 heteroatoms. The Labute approximate surface area is 213 Å². The summed E-state index contributed by atoms with van der Waals surface area (Å²) in [6.07, 6.45) is -4.81. The van der Waals surface area contributed by atoms with E-state index in [0.29, 0.717) is 10.4 Å².